The Kier molecular flexibility index (Phi) is 4.26. The number of amides is 2. The number of nitrogens with zero attached hydrogens (tertiary/aromatic N) is 2. The number of hydrogen-bond donors (Lipinski definition) is 0. The molecule has 2 heterocycles. The number of imide groups is 1. The van der Waals surface area contributed by atoms with Crippen LogP contribution in [-0.2, 0) is 11.3 Å². The van der Waals surface area contributed by atoms with Crippen LogP contribution in [0.25, 0.3) is 11.3 Å². The van der Waals surface area contributed by atoms with Crippen molar-refractivity contribution >= 4 is 12.0 Å². The Morgan fingerprint density at radius 3 is 2.38 bits per heavy atom. The molecular formula is C19H18F2N2O3. The van der Waals surface area contributed by atoms with Gasteiger partial charge < -0.3 is 4.74 Å². The van der Waals surface area contributed by atoms with Crippen molar-refractivity contribution in [3.05, 3.63) is 52.7 Å². The SMILES string of the molecule is Cc1cc(-c2c(F)cccc2F)nc2c1C(=O)N(C(=O)OC(C)(C)C)C2. The zero-order chi connectivity index (χ0) is 19.2. The molecule has 1 aromatic heterocycles. The van der Waals surface area contributed by atoms with E-state index in [2.05, 4.69) is 4.98 Å². The summed E-state index contributed by atoms with van der Waals surface area (Å²) >= 11 is 0. The molecule has 7 heteroatoms. The van der Waals surface area contributed by atoms with Crippen molar-refractivity contribution in [2.24, 2.45) is 0 Å². The normalized spacial score (nSPS) is 13.8. The Bertz CT molecular complexity index is 899. The highest BCUT2D eigenvalue weighted by Gasteiger charge is 2.37. The number of ether oxygens (including phenoxy) is 1. The van der Waals surface area contributed by atoms with Crippen LogP contribution in [0.5, 0.6) is 0 Å². The average Bonchev–Trinajstić information content (AvgIpc) is 2.83. The molecule has 0 unspecified atom stereocenters. The molecule has 26 heavy (non-hydrogen) atoms. The molecule has 5 nitrogen and oxygen atoms in total. The van der Waals surface area contributed by atoms with E-state index >= 15 is 0 Å². The van der Waals surface area contributed by atoms with Crippen LogP contribution in [-0.4, -0.2) is 27.5 Å². The number of benzene rings is 1. The van der Waals surface area contributed by atoms with Crippen LogP contribution in [0.3, 0.4) is 0 Å². The van der Waals surface area contributed by atoms with Gasteiger partial charge >= 0.3 is 6.09 Å². The zero-order valence-corrected chi connectivity index (χ0v) is 14.9. The lowest BCUT2D eigenvalue weighted by Crippen LogP contribution is -2.37. The summed E-state index contributed by atoms with van der Waals surface area (Å²) in [6.07, 6.45) is -0.779. The van der Waals surface area contributed by atoms with Crippen LogP contribution in [0.1, 0.15) is 42.4 Å². The molecule has 0 atom stereocenters. The third kappa shape index (κ3) is 3.16. The molecule has 136 valence electrons. The smallest absolute Gasteiger partial charge is 0.417 e. The molecule has 0 aliphatic carbocycles. The lowest BCUT2D eigenvalue weighted by atomic mass is 10.0. The molecule has 0 saturated heterocycles. The summed E-state index contributed by atoms with van der Waals surface area (Å²) in [5, 5.41) is 0. The summed E-state index contributed by atoms with van der Waals surface area (Å²) in [6.45, 7) is 6.62. The van der Waals surface area contributed by atoms with Gasteiger partial charge in [0.1, 0.15) is 17.2 Å². The molecule has 0 spiro atoms. The van der Waals surface area contributed by atoms with Gasteiger partial charge in [0.25, 0.3) is 5.91 Å². The highest BCUT2D eigenvalue weighted by atomic mass is 19.1. The van der Waals surface area contributed by atoms with Gasteiger partial charge in [-0.2, -0.15) is 0 Å². The lowest BCUT2D eigenvalue weighted by molar-refractivity contribution is 0.0247. The second kappa shape index (κ2) is 6.16. The molecule has 1 aliphatic heterocycles. The summed E-state index contributed by atoms with van der Waals surface area (Å²) in [5.41, 5.74) is 0.103. The van der Waals surface area contributed by atoms with E-state index in [1.54, 1.807) is 27.7 Å². The summed E-state index contributed by atoms with van der Waals surface area (Å²) < 4.78 is 33.3. The maximum Gasteiger partial charge on any atom is 0.417 e. The van der Waals surface area contributed by atoms with E-state index in [9.17, 15) is 18.4 Å². The fraction of sp³-hybridized carbons (Fsp3) is 0.316. The predicted octanol–water partition coefficient (Wildman–Crippen LogP) is 4.23. The number of aromatic nitrogens is 1. The van der Waals surface area contributed by atoms with Crippen molar-refractivity contribution in [2.75, 3.05) is 0 Å². The number of halogens is 2. The van der Waals surface area contributed by atoms with E-state index in [1.807, 2.05) is 0 Å². The summed E-state index contributed by atoms with van der Waals surface area (Å²) in [7, 11) is 0. The maximum absolute atomic E-state index is 14.1. The summed E-state index contributed by atoms with van der Waals surface area (Å²) in [6, 6.07) is 4.99. The predicted molar refractivity (Wildman–Crippen MR) is 90.4 cm³/mol. The molecule has 0 fully saturated rings. The second-order valence-corrected chi connectivity index (χ2v) is 7.11. The van der Waals surface area contributed by atoms with Crippen LogP contribution in [0, 0.1) is 18.6 Å². The maximum atomic E-state index is 14.1. The van der Waals surface area contributed by atoms with Crippen LogP contribution in [0.2, 0.25) is 0 Å². The molecule has 0 saturated carbocycles. The van der Waals surface area contributed by atoms with E-state index in [-0.39, 0.29) is 23.4 Å². The van der Waals surface area contributed by atoms with Crippen molar-refractivity contribution in [3.8, 4) is 11.3 Å². The molecule has 2 amide bonds. The molecule has 2 aromatic rings. The van der Waals surface area contributed by atoms with Gasteiger partial charge in [-0.3, -0.25) is 4.79 Å². The Labute approximate surface area is 149 Å². The topological polar surface area (TPSA) is 59.5 Å². The number of fused-ring (bicyclic) bond motifs is 1. The molecular weight excluding hydrogens is 342 g/mol. The monoisotopic (exact) mass is 360 g/mol. The van der Waals surface area contributed by atoms with E-state index < -0.39 is 29.2 Å². The zero-order valence-electron chi connectivity index (χ0n) is 14.9. The number of carbonyl (C=O) groups excluding carboxylic acids is 2. The Morgan fingerprint density at radius 1 is 1.19 bits per heavy atom. The number of hydrogen-bond acceptors (Lipinski definition) is 4. The van der Waals surface area contributed by atoms with E-state index in [0.717, 1.165) is 17.0 Å². The first kappa shape index (κ1) is 18.0. The van der Waals surface area contributed by atoms with Crippen LogP contribution >= 0.6 is 0 Å². The molecule has 0 bridgehead atoms. The first-order chi connectivity index (χ1) is 12.1. The molecule has 0 radical (unpaired) electrons. The van der Waals surface area contributed by atoms with E-state index in [0.29, 0.717) is 11.3 Å². The van der Waals surface area contributed by atoms with Crippen molar-refractivity contribution in [1.29, 1.82) is 0 Å². The first-order valence-corrected chi connectivity index (χ1v) is 8.08. The van der Waals surface area contributed by atoms with Crippen LogP contribution < -0.4 is 0 Å². The molecule has 3 rings (SSSR count). The van der Waals surface area contributed by atoms with Gasteiger partial charge in [-0.15, -0.1) is 0 Å². The average molecular weight is 360 g/mol. The molecule has 0 N–H and O–H groups in total. The van der Waals surface area contributed by atoms with Gasteiger partial charge in [0.05, 0.1) is 29.1 Å². The number of aryl methyl sites for hydroxylation is 1. The third-order valence-corrected chi connectivity index (χ3v) is 3.89. The van der Waals surface area contributed by atoms with Crippen LogP contribution in [0.15, 0.2) is 24.3 Å². The second-order valence-electron chi connectivity index (χ2n) is 7.11. The van der Waals surface area contributed by atoms with Gasteiger partial charge in [-0.05, 0) is 51.5 Å². The van der Waals surface area contributed by atoms with E-state index in [1.165, 1.54) is 12.1 Å². The Morgan fingerprint density at radius 2 is 1.81 bits per heavy atom. The van der Waals surface area contributed by atoms with Gasteiger partial charge in [-0.1, -0.05) is 6.07 Å². The lowest BCUT2D eigenvalue weighted by Gasteiger charge is -2.23. The fourth-order valence-corrected chi connectivity index (χ4v) is 2.84. The quantitative estimate of drug-likeness (QED) is 0.764. The van der Waals surface area contributed by atoms with Gasteiger partial charge in [-0.25, -0.2) is 23.5 Å². The standard InChI is InChI=1S/C19H18F2N2O3/c1-10-8-13(16-11(20)6-5-7-12(16)21)22-14-9-23(17(24)15(10)14)18(25)26-19(2,3)4/h5-8H,9H2,1-4H3. The highest BCUT2D eigenvalue weighted by molar-refractivity contribution is 6.07. The largest absolute Gasteiger partial charge is 0.443 e. The number of carbonyl (C=O) groups is 2. The van der Waals surface area contributed by atoms with Gasteiger partial charge in [0, 0.05) is 0 Å². The fourth-order valence-electron chi connectivity index (χ4n) is 2.84. The Hall–Kier alpha value is -2.83. The summed E-state index contributed by atoms with van der Waals surface area (Å²) in [5.74, 6) is -2.02. The minimum absolute atomic E-state index is 0.0793. The van der Waals surface area contributed by atoms with Crippen molar-refractivity contribution in [1.82, 2.24) is 9.88 Å². The minimum atomic E-state index is -0.779. The third-order valence-electron chi connectivity index (χ3n) is 3.89. The first-order valence-electron chi connectivity index (χ1n) is 8.08. The summed E-state index contributed by atoms with van der Waals surface area (Å²) in [4.78, 5) is 30.0. The molecule has 1 aromatic carbocycles. The number of rotatable bonds is 1. The van der Waals surface area contributed by atoms with Gasteiger partial charge in [0.2, 0.25) is 0 Å². The van der Waals surface area contributed by atoms with Crippen molar-refractivity contribution < 1.29 is 23.1 Å². The van der Waals surface area contributed by atoms with Crippen molar-refractivity contribution in [2.45, 2.75) is 39.8 Å². The van der Waals surface area contributed by atoms with E-state index in [4.69, 9.17) is 4.74 Å². The number of pyridine rings is 1. The minimum Gasteiger partial charge on any atom is -0.443 e. The van der Waals surface area contributed by atoms with Crippen LogP contribution in [0.4, 0.5) is 13.6 Å². The molecule has 1 aliphatic rings. The Balaban J connectivity index is 2.01. The van der Waals surface area contributed by atoms with Gasteiger partial charge in [0.15, 0.2) is 0 Å². The van der Waals surface area contributed by atoms with Crippen molar-refractivity contribution in [3.63, 3.8) is 0 Å². The highest BCUT2D eigenvalue weighted by Crippen LogP contribution is 2.31.